The van der Waals surface area contributed by atoms with Gasteiger partial charge < -0.3 is 20.9 Å². The Kier molecular flexibility index (Phi) is 7.11. The van der Waals surface area contributed by atoms with E-state index in [1.807, 2.05) is 55.7 Å². The van der Waals surface area contributed by atoms with Crippen LogP contribution in [0.15, 0.2) is 53.8 Å². The van der Waals surface area contributed by atoms with Crippen LogP contribution in [0.3, 0.4) is 0 Å². The summed E-state index contributed by atoms with van der Waals surface area (Å²) in [7, 11) is 1.75. The number of rotatable bonds is 8. The number of nitrogen functional groups attached to an aromatic ring is 1. The number of hydrogen-bond acceptors (Lipinski definition) is 4. The standard InChI is InChI=1S/C22H28N8/c1-17-7-9-18(10-8-17)30-21(24)19(16-23)20(28-30)6-5-11-26-22(25-2)27-12-15-29-13-3-4-14-29/h3-4,7-10,13-14H,5-6,11-12,15,24H2,1-2H3,(H2,25,26,27). The van der Waals surface area contributed by atoms with Gasteiger partial charge in [-0.3, -0.25) is 4.99 Å². The van der Waals surface area contributed by atoms with Crippen LogP contribution >= 0.6 is 0 Å². The second-order valence-corrected chi connectivity index (χ2v) is 7.02. The number of aliphatic imine (C=N–C) groups is 1. The smallest absolute Gasteiger partial charge is 0.191 e. The highest BCUT2D eigenvalue weighted by atomic mass is 15.3. The molecule has 30 heavy (non-hydrogen) atoms. The lowest BCUT2D eigenvalue weighted by atomic mass is 10.1. The van der Waals surface area contributed by atoms with Gasteiger partial charge in [-0.05, 0) is 44.0 Å². The van der Waals surface area contributed by atoms with E-state index in [0.29, 0.717) is 30.0 Å². The molecular formula is C22H28N8. The fourth-order valence-electron chi connectivity index (χ4n) is 3.16. The molecule has 8 nitrogen and oxygen atoms in total. The van der Waals surface area contributed by atoms with Crippen LogP contribution in [0.25, 0.3) is 5.69 Å². The zero-order chi connectivity index (χ0) is 21.3. The zero-order valence-electron chi connectivity index (χ0n) is 17.5. The van der Waals surface area contributed by atoms with Gasteiger partial charge in [0.2, 0.25) is 0 Å². The Bertz CT molecular complexity index is 1010. The zero-order valence-corrected chi connectivity index (χ0v) is 17.5. The minimum atomic E-state index is 0.381. The van der Waals surface area contributed by atoms with Crippen LogP contribution in [0.5, 0.6) is 0 Å². The molecule has 2 heterocycles. The monoisotopic (exact) mass is 404 g/mol. The predicted octanol–water partition coefficient (Wildman–Crippen LogP) is 2.23. The fourth-order valence-corrected chi connectivity index (χ4v) is 3.16. The number of hydrogen-bond donors (Lipinski definition) is 3. The average Bonchev–Trinajstić information content (AvgIpc) is 3.38. The van der Waals surface area contributed by atoms with Crippen LogP contribution in [0.4, 0.5) is 5.82 Å². The first-order chi connectivity index (χ1) is 14.6. The molecule has 3 aromatic rings. The summed E-state index contributed by atoms with van der Waals surface area (Å²) in [5, 5.41) is 20.7. The summed E-state index contributed by atoms with van der Waals surface area (Å²) in [6.45, 7) is 4.39. The van der Waals surface area contributed by atoms with Gasteiger partial charge in [0.25, 0.3) is 0 Å². The lowest BCUT2D eigenvalue weighted by molar-refractivity contribution is 0.659. The van der Waals surface area contributed by atoms with E-state index in [1.54, 1.807) is 11.7 Å². The normalized spacial score (nSPS) is 11.3. The molecule has 0 aliphatic carbocycles. The Morgan fingerprint density at radius 3 is 2.53 bits per heavy atom. The predicted molar refractivity (Wildman–Crippen MR) is 120 cm³/mol. The van der Waals surface area contributed by atoms with Gasteiger partial charge in [-0.2, -0.15) is 10.4 Å². The number of anilines is 1. The fraction of sp³-hybridized carbons (Fsp3) is 0.318. The van der Waals surface area contributed by atoms with E-state index in [2.05, 4.69) is 31.4 Å². The number of nitrogens with two attached hydrogens (primary N) is 1. The highest BCUT2D eigenvalue weighted by Crippen LogP contribution is 2.21. The van der Waals surface area contributed by atoms with E-state index in [9.17, 15) is 5.26 Å². The molecule has 0 fully saturated rings. The van der Waals surface area contributed by atoms with E-state index in [1.165, 1.54) is 0 Å². The van der Waals surface area contributed by atoms with E-state index in [-0.39, 0.29) is 0 Å². The number of guanidine groups is 1. The maximum Gasteiger partial charge on any atom is 0.191 e. The molecule has 0 saturated heterocycles. The van der Waals surface area contributed by atoms with Gasteiger partial charge in [0.1, 0.15) is 17.5 Å². The SMILES string of the molecule is CN=C(NCCCc1nn(-c2ccc(C)cc2)c(N)c1C#N)NCCn1cccc1. The maximum absolute atomic E-state index is 9.53. The van der Waals surface area contributed by atoms with Crippen molar-refractivity contribution in [2.24, 2.45) is 4.99 Å². The van der Waals surface area contributed by atoms with Crippen LogP contribution in [-0.2, 0) is 13.0 Å². The van der Waals surface area contributed by atoms with Gasteiger partial charge in [0, 0.05) is 39.1 Å². The van der Waals surface area contributed by atoms with Crippen LogP contribution in [0.1, 0.15) is 23.2 Å². The molecule has 3 rings (SSSR count). The summed E-state index contributed by atoms with van der Waals surface area (Å²) in [5.74, 6) is 1.14. The lowest BCUT2D eigenvalue weighted by Gasteiger charge is -2.12. The van der Waals surface area contributed by atoms with Crippen molar-refractivity contribution in [3.8, 4) is 11.8 Å². The van der Waals surface area contributed by atoms with Gasteiger partial charge in [-0.15, -0.1) is 0 Å². The van der Waals surface area contributed by atoms with Gasteiger partial charge in [-0.25, -0.2) is 4.68 Å². The quantitative estimate of drug-likeness (QED) is 0.303. The average molecular weight is 405 g/mol. The Morgan fingerprint density at radius 1 is 1.17 bits per heavy atom. The van der Waals surface area contributed by atoms with Crippen molar-refractivity contribution in [2.75, 3.05) is 25.9 Å². The molecule has 0 unspecified atom stereocenters. The summed E-state index contributed by atoms with van der Waals surface area (Å²) < 4.78 is 3.75. The lowest BCUT2D eigenvalue weighted by Crippen LogP contribution is -2.39. The molecular weight excluding hydrogens is 376 g/mol. The second kappa shape index (κ2) is 10.2. The van der Waals surface area contributed by atoms with Gasteiger partial charge in [0.05, 0.1) is 11.4 Å². The van der Waals surface area contributed by atoms with Gasteiger partial charge in [-0.1, -0.05) is 17.7 Å². The molecule has 0 aliphatic rings. The van der Waals surface area contributed by atoms with Crippen molar-refractivity contribution in [1.82, 2.24) is 25.0 Å². The molecule has 156 valence electrons. The summed E-state index contributed by atoms with van der Waals surface area (Å²) in [6.07, 6.45) is 5.52. The van der Waals surface area contributed by atoms with Gasteiger partial charge >= 0.3 is 0 Å². The summed E-state index contributed by atoms with van der Waals surface area (Å²) >= 11 is 0. The van der Waals surface area contributed by atoms with Crippen LogP contribution in [0, 0.1) is 18.3 Å². The van der Waals surface area contributed by atoms with Crippen molar-refractivity contribution in [2.45, 2.75) is 26.3 Å². The minimum absolute atomic E-state index is 0.381. The van der Waals surface area contributed by atoms with Crippen LogP contribution < -0.4 is 16.4 Å². The molecule has 0 atom stereocenters. The Hall–Kier alpha value is -3.73. The number of benzene rings is 1. The van der Waals surface area contributed by atoms with E-state index in [0.717, 1.165) is 36.7 Å². The Morgan fingerprint density at radius 2 is 1.87 bits per heavy atom. The largest absolute Gasteiger partial charge is 0.382 e. The number of nitrogens with zero attached hydrogens (tertiary/aromatic N) is 5. The molecule has 8 heteroatoms. The van der Waals surface area contributed by atoms with E-state index < -0.39 is 0 Å². The van der Waals surface area contributed by atoms with E-state index in [4.69, 9.17) is 5.73 Å². The number of aryl methyl sites for hydroxylation is 2. The van der Waals surface area contributed by atoms with Crippen molar-refractivity contribution in [1.29, 1.82) is 5.26 Å². The first kappa shape index (κ1) is 21.0. The van der Waals surface area contributed by atoms with Crippen molar-refractivity contribution >= 4 is 11.8 Å². The minimum Gasteiger partial charge on any atom is -0.382 e. The van der Waals surface area contributed by atoms with Crippen molar-refractivity contribution in [3.63, 3.8) is 0 Å². The van der Waals surface area contributed by atoms with Crippen LogP contribution in [0.2, 0.25) is 0 Å². The molecule has 0 bridgehead atoms. The van der Waals surface area contributed by atoms with Crippen molar-refractivity contribution in [3.05, 3.63) is 65.6 Å². The molecule has 0 amide bonds. The molecule has 0 spiro atoms. The first-order valence-corrected chi connectivity index (χ1v) is 10.0. The molecule has 1 aromatic carbocycles. The summed E-state index contributed by atoms with van der Waals surface area (Å²) in [5.41, 5.74) is 9.36. The molecule has 0 saturated carbocycles. The number of nitrogens with one attached hydrogen (secondary N) is 2. The Balaban J connectivity index is 1.52. The summed E-state index contributed by atoms with van der Waals surface area (Å²) in [6, 6.07) is 14.1. The second-order valence-electron chi connectivity index (χ2n) is 7.02. The van der Waals surface area contributed by atoms with E-state index >= 15 is 0 Å². The van der Waals surface area contributed by atoms with Crippen LogP contribution in [-0.4, -0.2) is 40.4 Å². The third-order valence-electron chi connectivity index (χ3n) is 4.82. The van der Waals surface area contributed by atoms with Crippen molar-refractivity contribution < 1.29 is 0 Å². The third kappa shape index (κ3) is 5.20. The van der Waals surface area contributed by atoms with Gasteiger partial charge in [0.15, 0.2) is 5.96 Å². The molecule has 0 aliphatic heterocycles. The number of aromatic nitrogens is 3. The number of nitriles is 1. The third-order valence-corrected chi connectivity index (χ3v) is 4.82. The summed E-state index contributed by atoms with van der Waals surface area (Å²) in [4.78, 5) is 4.24. The molecule has 4 N–H and O–H groups in total. The highest BCUT2D eigenvalue weighted by molar-refractivity contribution is 5.79. The first-order valence-electron chi connectivity index (χ1n) is 10.0. The Labute approximate surface area is 177 Å². The molecule has 2 aromatic heterocycles. The topological polar surface area (TPSA) is 109 Å². The molecule has 0 radical (unpaired) electrons. The highest BCUT2D eigenvalue weighted by Gasteiger charge is 2.16. The maximum atomic E-state index is 9.53.